The summed E-state index contributed by atoms with van der Waals surface area (Å²) in [5.41, 5.74) is 0.861. The van der Waals surface area contributed by atoms with Gasteiger partial charge in [-0.1, -0.05) is 34.1 Å². The fourth-order valence-corrected chi connectivity index (χ4v) is 2.72. The normalized spacial score (nSPS) is 25.4. The highest BCUT2D eigenvalue weighted by molar-refractivity contribution is 9.10. The van der Waals surface area contributed by atoms with E-state index in [1.165, 1.54) is 0 Å². The lowest BCUT2D eigenvalue weighted by atomic mass is 9.87. The maximum absolute atomic E-state index is 11.7. The number of carbonyl (C=O) groups excluding carboxylic acids is 1. The number of halogens is 1. The second-order valence-corrected chi connectivity index (χ2v) is 5.27. The molecule has 1 aromatic carbocycles. The van der Waals surface area contributed by atoms with Crippen molar-refractivity contribution in [3.63, 3.8) is 0 Å². The molecule has 0 aromatic heterocycles. The van der Waals surface area contributed by atoms with Crippen LogP contribution >= 0.6 is 15.9 Å². The summed E-state index contributed by atoms with van der Waals surface area (Å²) in [6.45, 7) is 2.85. The van der Waals surface area contributed by atoms with Crippen molar-refractivity contribution in [3.8, 4) is 0 Å². The van der Waals surface area contributed by atoms with Gasteiger partial charge in [0.05, 0.1) is 5.54 Å². The van der Waals surface area contributed by atoms with Gasteiger partial charge in [0.25, 0.3) is 0 Å². The standard InChI is InChI=1S/C12H15BrN2O/c1-12(7-8-15(2)11(16)14-12)9-5-3-4-6-10(9)13/h3-6H,7-8H2,1-2H3,(H,14,16). The van der Waals surface area contributed by atoms with Crippen LogP contribution < -0.4 is 5.32 Å². The lowest BCUT2D eigenvalue weighted by Gasteiger charge is -2.39. The van der Waals surface area contributed by atoms with Crippen molar-refractivity contribution in [3.05, 3.63) is 34.3 Å². The molecule has 0 radical (unpaired) electrons. The summed E-state index contributed by atoms with van der Waals surface area (Å²) in [6.07, 6.45) is 0.915. The first-order valence-electron chi connectivity index (χ1n) is 5.31. The van der Waals surface area contributed by atoms with Gasteiger partial charge < -0.3 is 10.2 Å². The fraction of sp³-hybridized carbons (Fsp3) is 0.417. The van der Waals surface area contributed by atoms with Crippen LogP contribution in [0.2, 0.25) is 0 Å². The lowest BCUT2D eigenvalue weighted by Crippen LogP contribution is -2.55. The van der Waals surface area contributed by atoms with Crippen molar-refractivity contribution in [2.45, 2.75) is 18.9 Å². The number of carbonyl (C=O) groups is 1. The number of urea groups is 1. The van der Waals surface area contributed by atoms with Crippen LogP contribution in [0.4, 0.5) is 4.79 Å². The number of nitrogens with zero attached hydrogens (tertiary/aromatic N) is 1. The van der Waals surface area contributed by atoms with Crippen molar-refractivity contribution >= 4 is 22.0 Å². The summed E-state index contributed by atoms with van der Waals surface area (Å²) in [4.78, 5) is 13.4. The zero-order valence-corrected chi connectivity index (χ0v) is 11.0. The molecule has 0 saturated carbocycles. The monoisotopic (exact) mass is 282 g/mol. The molecule has 2 rings (SSSR count). The van der Waals surface area contributed by atoms with Crippen molar-refractivity contribution in [1.82, 2.24) is 10.2 Å². The van der Waals surface area contributed by atoms with E-state index in [-0.39, 0.29) is 11.6 Å². The van der Waals surface area contributed by atoms with E-state index in [0.717, 1.165) is 23.0 Å². The minimum absolute atomic E-state index is 0.00972. The van der Waals surface area contributed by atoms with Crippen molar-refractivity contribution in [2.75, 3.05) is 13.6 Å². The number of hydrogen-bond donors (Lipinski definition) is 1. The predicted octanol–water partition coefficient (Wildman–Crippen LogP) is 2.71. The van der Waals surface area contributed by atoms with Crippen molar-refractivity contribution in [2.24, 2.45) is 0 Å². The first-order valence-corrected chi connectivity index (χ1v) is 6.10. The summed E-state index contributed by atoms with van der Waals surface area (Å²) in [6, 6.07) is 8.02. The molecule has 0 aliphatic carbocycles. The highest BCUT2D eigenvalue weighted by Gasteiger charge is 2.35. The summed E-state index contributed by atoms with van der Waals surface area (Å²) < 4.78 is 1.04. The van der Waals surface area contributed by atoms with Crippen LogP contribution in [0.3, 0.4) is 0 Å². The Kier molecular flexibility index (Phi) is 2.93. The predicted molar refractivity (Wildman–Crippen MR) is 67.3 cm³/mol. The van der Waals surface area contributed by atoms with E-state index >= 15 is 0 Å². The Balaban J connectivity index is 2.33. The Morgan fingerprint density at radius 1 is 1.44 bits per heavy atom. The maximum Gasteiger partial charge on any atom is 0.317 e. The highest BCUT2D eigenvalue weighted by atomic mass is 79.9. The van der Waals surface area contributed by atoms with Gasteiger partial charge in [0, 0.05) is 18.1 Å². The molecule has 1 aliphatic heterocycles. The van der Waals surface area contributed by atoms with Crippen LogP contribution in [0.5, 0.6) is 0 Å². The number of nitrogens with one attached hydrogen (secondary N) is 1. The molecule has 1 N–H and O–H groups in total. The molecular weight excluding hydrogens is 268 g/mol. The van der Waals surface area contributed by atoms with Crippen molar-refractivity contribution in [1.29, 1.82) is 0 Å². The number of benzene rings is 1. The average Bonchev–Trinajstić information content (AvgIpc) is 2.25. The van der Waals surface area contributed by atoms with E-state index < -0.39 is 0 Å². The SMILES string of the molecule is CN1CCC(C)(c2ccccc2Br)NC1=O. The third-order valence-electron chi connectivity index (χ3n) is 3.15. The first-order chi connectivity index (χ1) is 7.53. The van der Waals surface area contributed by atoms with E-state index in [1.54, 1.807) is 4.90 Å². The van der Waals surface area contributed by atoms with E-state index in [0.29, 0.717) is 0 Å². The molecule has 3 nitrogen and oxygen atoms in total. The van der Waals surface area contributed by atoms with Crippen LogP contribution in [0.15, 0.2) is 28.7 Å². The lowest BCUT2D eigenvalue weighted by molar-refractivity contribution is 0.164. The van der Waals surface area contributed by atoms with E-state index in [1.807, 2.05) is 25.2 Å². The number of rotatable bonds is 1. The molecule has 2 amide bonds. The van der Waals surface area contributed by atoms with Crippen LogP contribution in [0, 0.1) is 0 Å². The Bertz CT molecular complexity index is 421. The minimum atomic E-state index is -0.274. The summed E-state index contributed by atoms with van der Waals surface area (Å²) >= 11 is 3.54. The largest absolute Gasteiger partial charge is 0.329 e. The second-order valence-electron chi connectivity index (χ2n) is 4.41. The van der Waals surface area contributed by atoms with Gasteiger partial charge in [0.15, 0.2) is 0 Å². The average molecular weight is 283 g/mol. The van der Waals surface area contributed by atoms with E-state index in [2.05, 4.69) is 34.2 Å². The molecule has 0 bridgehead atoms. The summed E-state index contributed by atoms with van der Waals surface area (Å²) in [5, 5.41) is 3.06. The minimum Gasteiger partial charge on any atom is -0.329 e. The Labute approximate surface area is 104 Å². The molecule has 1 heterocycles. The Morgan fingerprint density at radius 3 is 2.75 bits per heavy atom. The molecule has 1 saturated heterocycles. The molecular formula is C12H15BrN2O. The van der Waals surface area contributed by atoms with Gasteiger partial charge in [0.1, 0.15) is 0 Å². The smallest absolute Gasteiger partial charge is 0.317 e. The molecule has 1 unspecified atom stereocenters. The van der Waals surface area contributed by atoms with E-state index in [9.17, 15) is 4.79 Å². The maximum atomic E-state index is 11.7. The molecule has 86 valence electrons. The van der Waals surface area contributed by atoms with Gasteiger partial charge in [-0.25, -0.2) is 4.79 Å². The topological polar surface area (TPSA) is 32.3 Å². The van der Waals surface area contributed by atoms with Gasteiger partial charge in [0.2, 0.25) is 0 Å². The molecule has 1 fully saturated rings. The van der Waals surface area contributed by atoms with Crippen LogP contribution in [-0.2, 0) is 5.54 Å². The third-order valence-corrected chi connectivity index (χ3v) is 3.84. The molecule has 16 heavy (non-hydrogen) atoms. The van der Waals surface area contributed by atoms with Gasteiger partial charge in [-0.3, -0.25) is 0 Å². The number of hydrogen-bond acceptors (Lipinski definition) is 1. The first kappa shape index (κ1) is 11.5. The molecule has 1 aliphatic rings. The molecule has 0 spiro atoms. The molecule has 1 atom stereocenters. The van der Waals surface area contributed by atoms with Gasteiger partial charge in [-0.05, 0) is 25.0 Å². The van der Waals surface area contributed by atoms with E-state index in [4.69, 9.17) is 0 Å². The fourth-order valence-electron chi connectivity index (χ4n) is 2.00. The third kappa shape index (κ3) is 1.94. The second kappa shape index (κ2) is 4.09. The Morgan fingerprint density at radius 2 is 2.12 bits per heavy atom. The highest BCUT2D eigenvalue weighted by Crippen LogP contribution is 2.32. The summed E-state index contributed by atoms with van der Waals surface area (Å²) in [7, 11) is 1.81. The molecule has 1 aromatic rings. The zero-order valence-electron chi connectivity index (χ0n) is 9.46. The van der Waals surface area contributed by atoms with Gasteiger partial charge in [-0.15, -0.1) is 0 Å². The zero-order chi connectivity index (χ0) is 11.8. The number of amides is 2. The summed E-state index contributed by atoms with van der Waals surface area (Å²) in [5.74, 6) is 0. The van der Waals surface area contributed by atoms with Crippen LogP contribution in [0.25, 0.3) is 0 Å². The van der Waals surface area contributed by atoms with Crippen molar-refractivity contribution < 1.29 is 4.79 Å². The van der Waals surface area contributed by atoms with Gasteiger partial charge >= 0.3 is 6.03 Å². The Hall–Kier alpha value is -1.03. The van der Waals surface area contributed by atoms with Gasteiger partial charge in [-0.2, -0.15) is 0 Å². The van der Waals surface area contributed by atoms with Crippen LogP contribution in [-0.4, -0.2) is 24.5 Å². The quantitative estimate of drug-likeness (QED) is 0.844. The van der Waals surface area contributed by atoms with Crippen LogP contribution in [0.1, 0.15) is 18.9 Å². The molecule has 4 heteroatoms.